The Balaban J connectivity index is 1.56. The fourth-order valence-electron chi connectivity index (χ4n) is 4.13. The molecule has 37 heavy (non-hydrogen) atoms. The maximum absolute atomic E-state index is 13.1. The minimum absolute atomic E-state index is 0.136. The molecule has 1 amide bonds. The van der Waals surface area contributed by atoms with Crippen molar-refractivity contribution in [2.75, 3.05) is 12.9 Å². The average molecular weight is 526 g/mol. The first-order valence-corrected chi connectivity index (χ1v) is 13.8. The lowest BCUT2D eigenvalue weighted by atomic mass is 9.95. The van der Waals surface area contributed by atoms with E-state index in [0.29, 0.717) is 6.61 Å². The van der Waals surface area contributed by atoms with Gasteiger partial charge in [0.25, 0.3) is 16.0 Å². The molecule has 1 heterocycles. The van der Waals surface area contributed by atoms with Gasteiger partial charge >= 0.3 is 0 Å². The highest BCUT2D eigenvalue weighted by atomic mass is 32.2. The van der Waals surface area contributed by atoms with Gasteiger partial charge in [0.2, 0.25) is 0 Å². The third kappa shape index (κ3) is 8.21. The molecular weight excluding hydrogens is 494 g/mol. The van der Waals surface area contributed by atoms with Crippen LogP contribution in [0.1, 0.15) is 16.7 Å². The van der Waals surface area contributed by atoms with E-state index < -0.39 is 40.4 Å². The molecule has 1 N–H and O–H groups in total. The number of rotatable bonds is 12. The van der Waals surface area contributed by atoms with Crippen LogP contribution in [0.15, 0.2) is 91.0 Å². The molecule has 1 saturated heterocycles. The maximum Gasteiger partial charge on any atom is 0.265 e. The van der Waals surface area contributed by atoms with E-state index in [9.17, 15) is 13.2 Å². The number of carbonyl (C=O) groups excluding carboxylic acids is 1. The standard InChI is InChI=1S/C28H31NO7S/c1-37(31,32)36-27-26(35-19-23-15-9-4-10-16-23)25(34-18-22-13-7-3-8-14-22)24(29-28(27)30)20-33-17-21-11-5-2-6-12-21/h2-16,24-27H,17-20H2,1H3,(H,29,30)/t24-,25-,26+,27-/m1/s1. The summed E-state index contributed by atoms with van der Waals surface area (Å²) in [6.45, 7) is 0.854. The van der Waals surface area contributed by atoms with Crippen molar-refractivity contribution in [1.29, 1.82) is 0 Å². The molecule has 1 aliphatic heterocycles. The van der Waals surface area contributed by atoms with Gasteiger partial charge in [0, 0.05) is 0 Å². The Bertz CT molecular complexity index is 1220. The van der Waals surface area contributed by atoms with Gasteiger partial charge in [0.1, 0.15) is 12.2 Å². The summed E-state index contributed by atoms with van der Waals surface area (Å²) >= 11 is 0. The highest BCUT2D eigenvalue weighted by Crippen LogP contribution is 2.25. The van der Waals surface area contributed by atoms with Crippen LogP contribution in [0.3, 0.4) is 0 Å². The van der Waals surface area contributed by atoms with E-state index in [1.54, 1.807) is 0 Å². The van der Waals surface area contributed by atoms with Gasteiger partial charge in [-0.05, 0) is 16.7 Å². The topological polar surface area (TPSA) is 100 Å². The predicted molar refractivity (Wildman–Crippen MR) is 138 cm³/mol. The molecule has 0 radical (unpaired) electrons. The molecule has 0 saturated carbocycles. The zero-order valence-corrected chi connectivity index (χ0v) is 21.4. The van der Waals surface area contributed by atoms with Crippen LogP contribution in [0.4, 0.5) is 0 Å². The molecule has 3 aromatic carbocycles. The van der Waals surface area contributed by atoms with E-state index in [1.165, 1.54) is 0 Å². The van der Waals surface area contributed by atoms with E-state index in [-0.39, 0.29) is 19.8 Å². The van der Waals surface area contributed by atoms with E-state index >= 15 is 0 Å². The molecule has 4 rings (SSSR count). The number of amides is 1. The zero-order valence-electron chi connectivity index (χ0n) is 20.6. The number of carbonyl (C=O) groups is 1. The minimum Gasteiger partial charge on any atom is -0.375 e. The third-order valence-electron chi connectivity index (χ3n) is 5.86. The van der Waals surface area contributed by atoms with Crippen molar-refractivity contribution >= 4 is 16.0 Å². The van der Waals surface area contributed by atoms with Crippen LogP contribution in [-0.2, 0) is 53.1 Å². The minimum atomic E-state index is -3.96. The second-order valence-corrected chi connectivity index (χ2v) is 10.5. The number of ether oxygens (including phenoxy) is 3. The predicted octanol–water partition coefficient (Wildman–Crippen LogP) is 3.22. The summed E-state index contributed by atoms with van der Waals surface area (Å²) in [6, 6.07) is 28.0. The van der Waals surface area contributed by atoms with Gasteiger partial charge in [0.05, 0.1) is 38.7 Å². The van der Waals surface area contributed by atoms with Crippen molar-refractivity contribution in [2.24, 2.45) is 0 Å². The van der Waals surface area contributed by atoms with Crippen molar-refractivity contribution in [3.05, 3.63) is 108 Å². The van der Waals surface area contributed by atoms with Crippen LogP contribution in [0.25, 0.3) is 0 Å². The van der Waals surface area contributed by atoms with Crippen LogP contribution in [0.2, 0.25) is 0 Å². The molecule has 0 aliphatic carbocycles. The second kappa shape index (κ2) is 12.9. The maximum atomic E-state index is 13.1. The third-order valence-corrected chi connectivity index (χ3v) is 6.42. The van der Waals surface area contributed by atoms with Gasteiger partial charge in [-0.2, -0.15) is 8.42 Å². The fraction of sp³-hybridized carbons (Fsp3) is 0.321. The van der Waals surface area contributed by atoms with Crippen LogP contribution >= 0.6 is 0 Å². The molecule has 1 fully saturated rings. The van der Waals surface area contributed by atoms with Crippen LogP contribution in [0.5, 0.6) is 0 Å². The number of hydrogen-bond donors (Lipinski definition) is 1. The monoisotopic (exact) mass is 525 g/mol. The number of nitrogens with one attached hydrogen (secondary N) is 1. The van der Waals surface area contributed by atoms with Crippen molar-refractivity contribution in [2.45, 2.75) is 44.2 Å². The molecule has 3 aromatic rings. The second-order valence-electron chi connectivity index (χ2n) is 8.86. The zero-order chi connectivity index (χ0) is 26.1. The summed E-state index contributed by atoms with van der Waals surface area (Å²) in [6.07, 6.45) is -2.25. The van der Waals surface area contributed by atoms with Gasteiger partial charge in [-0.15, -0.1) is 0 Å². The summed E-state index contributed by atoms with van der Waals surface area (Å²) in [4.78, 5) is 13.1. The van der Waals surface area contributed by atoms with E-state index in [4.69, 9.17) is 18.4 Å². The Kier molecular flexibility index (Phi) is 9.43. The van der Waals surface area contributed by atoms with E-state index in [2.05, 4.69) is 5.32 Å². The largest absolute Gasteiger partial charge is 0.375 e. The SMILES string of the molecule is CS(=O)(=O)O[C@H]1C(=O)N[C@H](COCc2ccccc2)[C@@H](OCc2ccccc2)[C@@H]1OCc1ccccc1. The van der Waals surface area contributed by atoms with Crippen molar-refractivity contribution in [3.63, 3.8) is 0 Å². The number of piperidine rings is 1. The first-order chi connectivity index (χ1) is 17.9. The summed E-state index contributed by atoms with van der Waals surface area (Å²) in [5, 5.41) is 2.83. The number of hydrogen-bond acceptors (Lipinski definition) is 7. The highest BCUT2D eigenvalue weighted by molar-refractivity contribution is 7.86. The van der Waals surface area contributed by atoms with Crippen LogP contribution in [-0.4, -0.2) is 51.5 Å². The van der Waals surface area contributed by atoms with Gasteiger partial charge in [-0.3, -0.25) is 8.98 Å². The van der Waals surface area contributed by atoms with E-state index in [1.807, 2.05) is 91.0 Å². The molecule has 196 valence electrons. The van der Waals surface area contributed by atoms with Gasteiger partial charge in [-0.1, -0.05) is 91.0 Å². The fourth-order valence-corrected chi connectivity index (χ4v) is 4.70. The quantitative estimate of drug-likeness (QED) is 0.363. The van der Waals surface area contributed by atoms with Crippen molar-refractivity contribution in [1.82, 2.24) is 5.32 Å². The van der Waals surface area contributed by atoms with Gasteiger partial charge in [-0.25, -0.2) is 0 Å². The average Bonchev–Trinajstić information content (AvgIpc) is 2.89. The normalized spacial score (nSPS) is 21.9. The first kappa shape index (κ1) is 27.0. The summed E-state index contributed by atoms with van der Waals surface area (Å²) in [7, 11) is -3.96. The molecule has 0 aromatic heterocycles. The summed E-state index contributed by atoms with van der Waals surface area (Å²) in [5.41, 5.74) is 2.78. The Hall–Kier alpha value is -3.08. The lowest BCUT2D eigenvalue weighted by Crippen LogP contribution is -2.66. The molecule has 9 heteroatoms. The van der Waals surface area contributed by atoms with Gasteiger partial charge in [0.15, 0.2) is 6.10 Å². The lowest BCUT2D eigenvalue weighted by molar-refractivity contribution is -0.175. The molecule has 0 unspecified atom stereocenters. The van der Waals surface area contributed by atoms with Crippen molar-refractivity contribution < 1.29 is 31.6 Å². The van der Waals surface area contributed by atoms with Gasteiger partial charge < -0.3 is 19.5 Å². The van der Waals surface area contributed by atoms with E-state index in [0.717, 1.165) is 22.9 Å². The molecule has 0 bridgehead atoms. The highest BCUT2D eigenvalue weighted by Gasteiger charge is 2.48. The summed E-state index contributed by atoms with van der Waals surface area (Å²) in [5.74, 6) is -0.601. The first-order valence-electron chi connectivity index (χ1n) is 12.0. The molecule has 1 aliphatic rings. The van der Waals surface area contributed by atoms with Crippen LogP contribution < -0.4 is 5.32 Å². The summed E-state index contributed by atoms with van der Waals surface area (Å²) < 4.78 is 47.7. The Morgan fingerprint density at radius 3 is 1.65 bits per heavy atom. The Labute approximate surface area is 217 Å². The molecule has 0 spiro atoms. The molecule has 4 atom stereocenters. The molecular formula is C28H31NO7S. The molecule has 8 nitrogen and oxygen atoms in total. The lowest BCUT2D eigenvalue weighted by Gasteiger charge is -2.41. The Morgan fingerprint density at radius 2 is 1.16 bits per heavy atom. The Morgan fingerprint density at radius 1 is 0.703 bits per heavy atom. The smallest absolute Gasteiger partial charge is 0.265 e. The van der Waals surface area contributed by atoms with Crippen LogP contribution in [0, 0.1) is 0 Å². The number of benzene rings is 3. The van der Waals surface area contributed by atoms with Crippen molar-refractivity contribution in [3.8, 4) is 0 Å².